The molecule has 32 nitrogen and oxygen atoms in total. The molecule has 0 radical (unpaired) electrons. The summed E-state index contributed by atoms with van der Waals surface area (Å²) in [6.45, 7) is 33.8. The minimum Gasteiger partial charge on any atom is -0.468 e. The van der Waals surface area contributed by atoms with Crippen LogP contribution in [0.3, 0.4) is 0 Å². The van der Waals surface area contributed by atoms with Gasteiger partial charge in [0.05, 0.1) is 101 Å². The molecule has 0 saturated carbocycles. The Bertz CT molecular complexity index is 5220. The zero-order valence-corrected chi connectivity index (χ0v) is 87.0. The van der Waals surface area contributed by atoms with Crippen molar-refractivity contribution in [1.82, 2.24) is 60.1 Å². The van der Waals surface area contributed by atoms with Crippen LogP contribution < -0.4 is 31.6 Å². The van der Waals surface area contributed by atoms with Crippen LogP contribution in [0.25, 0.3) is 45.3 Å². The van der Waals surface area contributed by atoms with Gasteiger partial charge in [-0.3, -0.25) is 4.79 Å². The van der Waals surface area contributed by atoms with Gasteiger partial charge in [-0.25, -0.2) is 79.0 Å². The molecule has 4 unspecified atom stereocenters. The minimum atomic E-state index is -3.45. The molecule has 4 atom stereocenters. The van der Waals surface area contributed by atoms with E-state index < -0.39 is 151 Å². The fourth-order valence-electron chi connectivity index (χ4n) is 13.8. The van der Waals surface area contributed by atoms with Crippen LogP contribution in [0.5, 0.6) is 11.5 Å². The van der Waals surface area contributed by atoms with Crippen molar-refractivity contribution in [3.63, 3.8) is 0 Å². The van der Waals surface area contributed by atoms with E-state index in [1.807, 2.05) is 51.1 Å². The molecule has 9 heterocycles. The Morgan fingerprint density at radius 2 is 0.807 bits per heavy atom. The van der Waals surface area contributed by atoms with Gasteiger partial charge in [-0.05, 0) is 213 Å². The number of nitrogens with two attached hydrogens (primary N) is 2. The number of ketones is 1. The zero-order valence-electron chi connectivity index (χ0n) is 83.1. The van der Waals surface area contributed by atoms with E-state index in [1.54, 1.807) is 168 Å². The topological polar surface area (TPSA) is 381 Å². The van der Waals surface area contributed by atoms with E-state index in [0.717, 1.165) is 46.9 Å². The van der Waals surface area contributed by atoms with Gasteiger partial charge >= 0.3 is 36.4 Å². The normalized spacial score (nSPS) is 18.6. The summed E-state index contributed by atoms with van der Waals surface area (Å²) in [7, 11) is 3.05. The number of hydrogen-bond acceptors (Lipinski definition) is 27. The molecule has 5 aliphatic rings. The van der Waals surface area contributed by atoms with Gasteiger partial charge in [-0.1, -0.05) is 75.4 Å². The number of rotatable bonds is 15. The summed E-state index contributed by atoms with van der Waals surface area (Å²) < 4.78 is 196. The fourth-order valence-corrected chi connectivity index (χ4v) is 14.3. The molecule has 0 spiro atoms. The number of halogens is 13. The van der Waals surface area contributed by atoms with Gasteiger partial charge in [0, 0.05) is 103 Å². The average Bonchev–Trinajstić information content (AvgIpc) is 1.34. The summed E-state index contributed by atoms with van der Waals surface area (Å²) in [5.74, 6) is -13.9. The second-order valence-electron chi connectivity index (χ2n) is 38.4. The molecule has 0 bridgehead atoms. The Morgan fingerprint density at radius 3 is 1.14 bits per heavy atom. The van der Waals surface area contributed by atoms with Crippen molar-refractivity contribution < 1.29 is 145 Å². The number of anilines is 1. The number of ether oxygens (including phenoxy) is 9. The number of aryl methyl sites for hydroxylation is 4. The summed E-state index contributed by atoms with van der Waals surface area (Å²) in [6, 6.07) is 15.0. The first-order chi connectivity index (χ1) is 63.6. The Morgan fingerprint density at radius 1 is 0.464 bits per heavy atom. The number of benzene rings is 3. The maximum atomic E-state index is 15.5. The largest absolute Gasteiger partial charge is 0.468 e. The van der Waals surface area contributed by atoms with Crippen molar-refractivity contribution in [1.29, 1.82) is 0 Å². The molecule has 4 aromatic heterocycles. The number of alkyl halides is 10. The van der Waals surface area contributed by atoms with Crippen LogP contribution in [0.15, 0.2) is 75.8 Å². The molecule has 46 heteroatoms. The van der Waals surface area contributed by atoms with E-state index in [4.69, 9.17) is 103 Å². The van der Waals surface area contributed by atoms with Gasteiger partial charge in [-0.15, -0.1) is 0 Å². The predicted octanol–water partition coefficient (Wildman–Crippen LogP) is 20.3. The third-order valence-electron chi connectivity index (χ3n) is 20.7. The van der Waals surface area contributed by atoms with Crippen LogP contribution in [0.4, 0.5) is 73.7 Å². The van der Waals surface area contributed by atoms with Gasteiger partial charge in [-0.2, -0.15) is 8.78 Å². The second kappa shape index (κ2) is 50.0. The van der Waals surface area contributed by atoms with E-state index >= 15 is 8.78 Å². The summed E-state index contributed by atoms with van der Waals surface area (Å²) >= 11 is 19.3. The summed E-state index contributed by atoms with van der Waals surface area (Å²) in [5, 5.41) is 15.0. The molecule has 140 heavy (non-hydrogen) atoms. The molecule has 5 fully saturated rings. The van der Waals surface area contributed by atoms with Gasteiger partial charge < -0.3 is 106 Å². The van der Waals surface area contributed by atoms with E-state index in [2.05, 4.69) is 35.9 Å². The van der Waals surface area contributed by atoms with Crippen LogP contribution in [-0.2, 0) is 64.9 Å². The minimum absolute atomic E-state index is 0. The van der Waals surface area contributed by atoms with Crippen molar-refractivity contribution in [3.8, 4) is 56.8 Å². The predicted molar refractivity (Wildman–Crippen MR) is 503 cm³/mol. The van der Waals surface area contributed by atoms with E-state index in [0.29, 0.717) is 89.9 Å². The van der Waals surface area contributed by atoms with Gasteiger partial charge in [0.2, 0.25) is 5.78 Å². The molecule has 5 aliphatic heterocycles. The van der Waals surface area contributed by atoms with E-state index in [9.17, 15) is 63.9 Å². The zero-order chi connectivity index (χ0) is 104. The molecule has 5 saturated heterocycles. The third-order valence-corrected chi connectivity index (χ3v) is 21.7. The van der Waals surface area contributed by atoms with Crippen molar-refractivity contribution in [3.05, 3.63) is 129 Å². The number of carbonyl (C=O) groups is 6. The number of Topliss-reactive ketones (excluding diaryl/α,β-unsaturated/α-hetero) is 1. The molecule has 7 aromatic rings. The first-order valence-corrected chi connectivity index (χ1v) is 45.3. The van der Waals surface area contributed by atoms with Crippen molar-refractivity contribution in [2.45, 2.75) is 266 Å². The summed E-state index contributed by atoms with van der Waals surface area (Å²) in [6.07, 6.45) is -3.67. The van der Waals surface area contributed by atoms with Crippen molar-refractivity contribution in [2.24, 2.45) is 11.5 Å². The summed E-state index contributed by atoms with van der Waals surface area (Å²) in [4.78, 5) is 93.3. The van der Waals surface area contributed by atoms with Gasteiger partial charge in [0.1, 0.15) is 62.0 Å². The number of methoxy groups -OCH3 is 2. The number of nitrogens with zero attached hydrogens (tertiary/aromatic N) is 11. The van der Waals surface area contributed by atoms with Crippen LogP contribution >= 0.6 is 34.8 Å². The van der Waals surface area contributed by atoms with Crippen molar-refractivity contribution >= 4 is 76.9 Å². The molecule has 0 aliphatic carbocycles. The number of amides is 5. The second-order valence-corrected chi connectivity index (χ2v) is 39.6. The Hall–Kier alpha value is -9.71. The third kappa shape index (κ3) is 36.0. The molecule has 6 N–H and O–H groups in total. The first kappa shape index (κ1) is 121. The van der Waals surface area contributed by atoms with Gasteiger partial charge in [0.25, 0.3) is 23.7 Å². The Labute approximate surface area is 838 Å². The molecular weight excluding hydrogens is 2010 g/mol. The number of aromatic nitrogens is 6. The number of hydrogen-bond donors (Lipinski definition) is 4. The van der Waals surface area contributed by atoms with Crippen LogP contribution in [0, 0.1) is 49.0 Å². The maximum absolute atomic E-state index is 15.5. The molecule has 3 aromatic carbocycles. The molecule has 5 amide bonds. The number of piperidine rings is 5. The average molecular weight is 2140 g/mol. The number of likely N-dealkylation sites (tertiary alicyclic amines) is 5. The van der Waals surface area contributed by atoms with Gasteiger partial charge in [0.15, 0.2) is 25.2 Å². The number of carbonyl (C=O) groups excluding carboxylic acids is 6. The molecule has 784 valence electrons. The first-order valence-electron chi connectivity index (χ1n) is 44.1. The monoisotopic (exact) mass is 2140 g/mol. The van der Waals surface area contributed by atoms with Crippen LogP contribution in [0.1, 0.15) is 176 Å². The van der Waals surface area contributed by atoms with Crippen molar-refractivity contribution in [2.75, 3.05) is 98.6 Å². The Kier molecular flexibility index (Phi) is 43.1. The standard InChI is InChI=1S/C28H34ClF2N5O5.C18H17Cl2N3O3.C17H24F2N2O2.2C10H18F2N2O2.C10H15F2NO3.CH3.Pd/c1-15-23(22-16(2)35-41-17(22)3)33-25(19-12-18(39-14-38-7)8-9-20(19)29)34-24(15)32-21-10-11-36(13-28(21,30)31)26(37)40-27(4,5)6;1-9-16(15-10(2)23-26-11(15)3)21-18(22-17(9)20)13-7-12(25-8-24-4)5-6-14(13)19;1-16(2,3)23-15(22)21-10-9-14(17(18,19)12-21)20-11-13-7-5-4-6-8-13;2*1-9(2,3)16-8(15)14-5-4-7(13)10(11,12)6-14;1-9(2,3)16-8(15)13-5-4-7(14)10(11,12)6-13;;/h8-9,12,21H,10-11,13-14H2,1-7H3,(H,32,33,34);5-7H,8H2,1-4H3;4-8,14,20H,9-12H2,1-3H3;2*7H,4-6,13H2,1-3H3;4-6H2,1-3H3;1H3;/q;;;;;;-1;. The van der Waals surface area contributed by atoms with Crippen LogP contribution in [-0.4, -0.2) is 266 Å². The SMILES string of the molecule is CC(C)(C)OC(=O)N1CCC(=O)C(F)(F)C1.CC(C)(C)OC(=O)N1CCC(N)C(F)(F)C1.CC(C)(C)OC(=O)N1CCC(N)C(F)(F)C1.CC(C)(C)OC(=O)N1CCC(NCc2ccccc2)C(F)(F)C1.COCOc1ccc(Cl)c(-c2nc(Cl)c(C)c(-c3c(C)noc3C)n2)c1.COCOc1ccc(Cl)c(-c2nc(NC3CCN(C(=O)OC(C)(C)C)CC3(F)F)c(C)c(-c3c(C)noc3C)n2)c1.[CH3-].[Pd]. The smallest absolute Gasteiger partial charge is 0.410 e. The number of nitrogens with one attached hydrogen (secondary N) is 2. The van der Waals surface area contributed by atoms with Crippen LogP contribution in [0.2, 0.25) is 15.2 Å². The van der Waals surface area contributed by atoms with E-state index in [1.165, 1.54) is 7.11 Å². The summed E-state index contributed by atoms with van der Waals surface area (Å²) in [5.41, 5.74) is 14.1. The Balaban J connectivity index is 0.000000308. The fraction of sp³-hybridized carbons (Fsp3) is 0.585. The molecular formula is C94H129Cl3F10N15O17Pd-. The maximum Gasteiger partial charge on any atom is 0.410 e. The molecule has 12 rings (SSSR count). The van der Waals surface area contributed by atoms with E-state index in [-0.39, 0.29) is 118 Å². The quantitative estimate of drug-likeness (QED) is 0.0185.